The lowest BCUT2D eigenvalue weighted by molar-refractivity contribution is -0.113. The molecule has 0 saturated carbocycles. The molecule has 2 heterocycles. The van der Waals surface area contributed by atoms with Gasteiger partial charge in [0.1, 0.15) is 0 Å². The third-order valence-electron chi connectivity index (χ3n) is 3.89. The fraction of sp³-hybridized carbons (Fsp3) is 0.263. The summed E-state index contributed by atoms with van der Waals surface area (Å²) in [5.74, 6) is 0.887. The highest BCUT2D eigenvalue weighted by Crippen LogP contribution is 2.26. The zero-order valence-corrected chi connectivity index (χ0v) is 17.3. The van der Waals surface area contributed by atoms with E-state index in [1.165, 1.54) is 11.8 Å². The molecule has 146 valence electrons. The Morgan fingerprint density at radius 1 is 1.18 bits per heavy atom. The van der Waals surface area contributed by atoms with Crippen molar-refractivity contribution in [3.05, 3.63) is 48.8 Å². The standard InChI is InChI=1S/C19H21N5O2S2/c1-26-12-11-24-18(14-7-9-20-10-8-14)22-23-19(24)28-13-17(25)21-15-5-3-4-6-16(15)27-2/h3-10H,11-13H2,1-2H3,(H,21,25). The van der Waals surface area contributed by atoms with Crippen molar-refractivity contribution in [2.45, 2.75) is 16.6 Å². The molecule has 0 fully saturated rings. The van der Waals surface area contributed by atoms with Crippen molar-refractivity contribution >= 4 is 35.1 Å². The van der Waals surface area contributed by atoms with Gasteiger partial charge in [0.05, 0.1) is 24.6 Å². The van der Waals surface area contributed by atoms with Crippen molar-refractivity contribution in [3.8, 4) is 11.4 Å². The first-order valence-electron chi connectivity index (χ1n) is 8.61. The number of benzene rings is 1. The molecule has 1 amide bonds. The van der Waals surface area contributed by atoms with Crippen LogP contribution in [0.3, 0.4) is 0 Å². The molecule has 3 aromatic rings. The Labute approximate surface area is 172 Å². The molecule has 0 radical (unpaired) electrons. The number of methoxy groups -OCH3 is 1. The van der Waals surface area contributed by atoms with Crippen molar-refractivity contribution < 1.29 is 9.53 Å². The molecule has 0 spiro atoms. The molecule has 1 N–H and O–H groups in total. The molecule has 2 aromatic heterocycles. The van der Waals surface area contributed by atoms with Gasteiger partial charge in [0.15, 0.2) is 11.0 Å². The number of anilines is 1. The maximum absolute atomic E-state index is 12.4. The predicted molar refractivity (Wildman–Crippen MR) is 113 cm³/mol. The third kappa shape index (κ3) is 5.12. The maximum Gasteiger partial charge on any atom is 0.234 e. The van der Waals surface area contributed by atoms with Crippen LogP contribution in [0.1, 0.15) is 0 Å². The van der Waals surface area contributed by atoms with Crippen LogP contribution in [-0.4, -0.2) is 51.4 Å². The Morgan fingerprint density at radius 2 is 1.96 bits per heavy atom. The van der Waals surface area contributed by atoms with Crippen LogP contribution in [0.4, 0.5) is 5.69 Å². The van der Waals surface area contributed by atoms with Gasteiger partial charge in [-0.25, -0.2) is 0 Å². The van der Waals surface area contributed by atoms with Gasteiger partial charge in [-0.3, -0.25) is 14.3 Å². The van der Waals surface area contributed by atoms with Gasteiger partial charge in [-0.1, -0.05) is 23.9 Å². The number of nitrogens with zero attached hydrogens (tertiary/aromatic N) is 4. The molecule has 7 nitrogen and oxygen atoms in total. The Bertz CT molecular complexity index is 918. The summed E-state index contributed by atoms with van der Waals surface area (Å²) in [6.07, 6.45) is 5.42. The molecule has 0 saturated heterocycles. The van der Waals surface area contributed by atoms with E-state index in [1.54, 1.807) is 31.3 Å². The Morgan fingerprint density at radius 3 is 2.71 bits per heavy atom. The Balaban J connectivity index is 1.71. The van der Waals surface area contributed by atoms with Crippen LogP contribution in [0.25, 0.3) is 11.4 Å². The Hall–Kier alpha value is -2.36. The van der Waals surface area contributed by atoms with Crippen LogP contribution in [0.5, 0.6) is 0 Å². The summed E-state index contributed by atoms with van der Waals surface area (Å²) in [5.41, 5.74) is 1.74. The summed E-state index contributed by atoms with van der Waals surface area (Å²) >= 11 is 2.95. The fourth-order valence-corrected chi connectivity index (χ4v) is 3.88. The largest absolute Gasteiger partial charge is 0.383 e. The van der Waals surface area contributed by atoms with Crippen molar-refractivity contribution in [1.29, 1.82) is 0 Å². The van der Waals surface area contributed by atoms with Crippen molar-refractivity contribution in [3.63, 3.8) is 0 Å². The molecule has 9 heteroatoms. The lowest BCUT2D eigenvalue weighted by Gasteiger charge is -2.11. The third-order valence-corrected chi connectivity index (χ3v) is 5.65. The lowest BCUT2D eigenvalue weighted by atomic mass is 10.2. The second-order valence-corrected chi connectivity index (χ2v) is 7.51. The zero-order valence-electron chi connectivity index (χ0n) is 15.7. The summed E-state index contributed by atoms with van der Waals surface area (Å²) in [6.45, 7) is 1.12. The number of para-hydroxylation sites is 1. The molecule has 1 aromatic carbocycles. The van der Waals surface area contributed by atoms with E-state index in [0.717, 1.165) is 22.0 Å². The highest BCUT2D eigenvalue weighted by Gasteiger charge is 2.16. The quantitative estimate of drug-likeness (QED) is 0.536. The molecular formula is C19H21N5O2S2. The number of nitrogens with one attached hydrogen (secondary N) is 1. The minimum atomic E-state index is -0.0850. The number of thioether (sulfide) groups is 2. The number of pyridine rings is 1. The van der Waals surface area contributed by atoms with Crippen LogP contribution in [-0.2, 0) is 16.1 Å². The highest BCUT2D eigenvalue weighted by molar-refractivity contribution is 7.99. The molecule has 0 aliphatic carbocycles. The van der Waals surface area contributed by atoms with Gasteiger partial charge in [-0.05, 0) is 30.5 Å². The van der Waals surface area contributed by atoms with Crippen molar-refractivity contribution in [1.82, 2.24) is 19.7 Å². The maximum atomic E-state index is 12.4. The van der Waals surface area contributed by atoms with Crippen LogP contribution >= 0.6 is 23.5 Å². The van der Waals surface area contributed by atoms with E-state index >= 15 is 0 Å². The molecule has 28 heavy (non-hydrogen) atoms. The molecule has 0 aliphatic heterocycles. The van der Waals surface area contributed by atoms with E-state index < -0.39 is 0 Å². The van der Waals surface area contributed by atoms with Crippen LogP contribution < -0.4 is 5.32 Å². The molecule has 0 atom stereocenters. The van der Waals surface area contributed by atoms with Crippen molar-refractivity contribution in [2.75, 3.05) is 31.0 Å². The number of carbonyl (C=O) groups excluding carboxylic acids is 1. The molecule has 0 unspecified atom stereocenters. The number of carbonyl (C=O) groups is 1. The summed E-state index contributed by atoms with van der Waals surface area (Å²) in [5, 5.41) is 12.2. The second kappa shape index (κ2) is 10.3. The fourth-order valence-electron chi connectivity index (χ4n) is 2.56. The van der Waals surface area contributed by atoms with E-state index in [-0.39, 0.29) is 11.7 Å². The lowest BCUT2D eigenvalue weighted by Crippen LogP contribution is -2.15. The first kappa shape index (κ1) is 20.4. The molecule has 3 rings (SSSR count). The van der Waals surface area contributed by atoms with Crippen molar-refractivity contribution in [2.24, 2.45) is 0 Å². The summed E-state index contributed by atoms with van der Waals surface area (Å²) in [4.78, 5) is 17.5. The number of amides is 1. The summed E-state index contributed by atoms with van der Waals surface area (Å²) < 4.78 is 7.18. The average molecular weight is 416 g/mol. The first-order chi connectivity index (χ1) is 13.7. The topological polar surface area (TPSA) is 81.9 Å². The van der Waals surface area contributed by atoms with Crippen LogP contribution in [0, 0.1) is 0 Å². The second-order valence-electron chi connectivity index (χ2n) is 5.72. The van der Waals surface area contributed by atoms with Crippen LogP contribution in [0.2, 0.25) is 0 Å². The van der Waals surface area contributed by atoms with Crippen LogP contribution in [0.15, 0.2) is 58.8 Å². The number of hydrogen-bond donors (Lipinski definition) is 1. The van der Waals surface area contributed by atoms with Gasteiger partial charge >= 0.3 is 0 Å². The molecular weight excluding hydrogens is 394 g/mol. The molecule has 0 aliphatic rings. The summed E-state index contributed by atoms with van der Waals surface area (Å²) in [6, 6.07) is 11.5. The number of ether oxygens (including phenoxy) is 1. The molecule has 0 bridgehead atoms. The number of hydrogen-bond acceptors (Lipinski definition) is 7. The van der Waals surface area contributed by atoms with Gasteiger partial charge in [-0.15, -0.1) is 22.0 Å². The van der Waals surface area contributed by atoms with E-state index in [1.807, 2.05) is 47.2 Å². The SMILES string of the molecule is COCCn1c(SCC(=O)Nc2ccccc2SC)nnc1-c1ccncc1. The average Bonchev–Trinajstić information content (AvgIpc) is 3.14. The first-order valence-corrected chi connectivity index (χ1v) is 10.8. The van der Waals surface area contributed by atoms with Gasteiger partial charge in [0.25, 0.3) is 0 Å². The Kier molecular flexibility index (Phi) is 7.46. The smallest absolute Gasteiger partial charge is 0.234 e. The van der Waals surface area contributed by atoms with E-state index in [4.69, 9.17) is 4.74 Å². The number of rotatable bonds is 9. The van der Waals surface area contributed by atoms with Gasteiger partial charge < -0.3 is 10.1 Å². The predicted octanol–water partition coefficient (Wildman–Crippen LogP) is 3.44. The normalized spacial score (nSPS) is 10.8. The highest BCUT2D eigenvalue weighted by atomic mass is 32.2. The van der Waals surface area contributed by atoms with Gasteiger partial charge in [0, 0.05) is 30.0 Å². The monoisotopic (exact) mass is 415 g/mol. The minimum Gasteiger partial charge on any atom is -0.383 e. The van der Waals surface area contributed by atoms with E-state index in [0.29, 0.717) is 18.3 Å². The van der Waals surface area contributed by atoms with Gasteiger partial charge in [-0.2, -0.15) is 0 Å². The van der Waals surface area contributed by atoms with E-state index in [2.05, 4.69) is 20.5 Å². The summed E-state index contributed by atoms with van der Waals surface area (Å²) in [7, 11) is 1.65. The minimum absolute atomic E-state index is 0.0850. The number of aromatic nitrogens is 4. The zero-order chi connectivity index (χ0) is 19.8. The van der Waals surface area contributed by atoms with Gasteiger partial charge in [0.2, 0.25) is 5.91 Å². The van der Waals surface area contributed by atoms with E-state index in [9.17, 15) is 4.79 Å².